The van der Waals surface area contributed by atoms with Gasteiger partial charge in [0, 0.05) is 17.7 Å². The first-order chi connectivity index (χ1) is 11.1. The maximum atomic E-state index is 12.2. The van der Waals surface area contributed by atoms with Crippen molar-refractivity contribution in [1.82, 2.24) is 0 Å². The van der Waals surface area contributed by atoms with Crippen molar-refractivity contribution < 1.29 is 19.8 Å². The van der Waals surface area contributed by atoms with Gasteiger partial charge in [-0.05, 0) is 35.9 Å². The summed E-state index contributed by atoms with van der Waals surface area (Å²) in [7, 11) is 1.55. The van der Waals surface area contributed by atoms with Crippen molar-refractivity contribution in [1.29, 1.82) is 0 Å². The van der Waals surface area contributed by atoms with Crippen LogP contribution in [0.15, 0.2) is 53.7 Å². The molecular weight excluding hydrogens is 296 g/mol. The first-order valence-corrected chi connectivity index (χ1v) is 7.07. The Bertz CT molecular complexity index is 770. The number of carbonyl (C=O) groups excluding carboxylic acids is 1. The summed E-state index contributed by atoms with van der Waals surface area (Å²) in [6, 6.07) is 13.7. The predicted octanol–water partition coefficient (Wildman–Crippen LogP) is 2.10. The van der Waals surface area contributed by atoms with Gasteiger partial charge in [-0.2, -0.15) is 0 Å². The van der Waals surface area contributed by atoms with Gasteiger partial charge >= 0.3 is 0 Å². The Hall–Kier alpha value is -2.86. The van der Waals surface area contributed by atoms with Crippen LogP contribution >= 0.6 is 0 Å². The molecule has 2 aromatic rings. The van der Waals surface area contributed by atoms with Gasteiger partial charge in [-0.15, -0.1) is 0 Å². The van der Waals surface area contributed by atoms with Crippen LogP contribution in [0.1, 0.15) is 17.5 Å². The molecule has 23 heavy (non-hydrogen) atoms. The summed E-state index contributed by atoms with van der Waals surface area (Å²) in [5, 5.41) is 26.1. The summed E-state index contributed by atoms with van der Waals surface area (Å²) in [5.74, 6) is 0.127. The van der Waals surface area contributed by atoms with Crippen LogP contribution in [0.25, 0.3) is 0 Å². The number of hydrogen-bond donors (Lipinski definition) is 3. The van der Waals surface area contributed by atoms with E-state index in [0.29, 0.717) is 22.6 Å². The Morgan fingerprint density at radius 2 is 1.91 bits per heavy atom. The van der Waals surface area contributed by atoms with Gasteiger partial charge in [0.15, 0.2) is 5.60 Å². The highest BCUT2D eigenvalue weighted by molar-refractivity contribution is 6.10. The molecule has 0 aliphatic carbocycles. The summed E-state index contributed by atoms with van der Waals surface area (Å²) in [4.78, 5) is 12.2. The number of ether oxygens (including phenoxy) is 1. The highest BCUT2D eigenvalue weighted by Crippen LogP contribution is 2.39. The zero-order valence-electron chi connectivity index (χ0n) is 12.5. The molecule has 3 rings (SSSR count). The van der Waals surface area contributed by atoms with E-state index in [4.69, 9.17) is 4.74 Å². The van der Waals surface area contributed by atoms with Crippen LogP contribution in [0.3, 0.4) is 0 Å². The number of aliphatic hydroxyl groups is 1. The molecule has 0 unspecified atom stereocenters. The van der Waals surface area contributed by atoms with Crippen LogP contribution in [-0.2, 0) is 10.4 Å². The Morgan fingerprint density at radius 3 is 2.57 bits per heavy atom. The van der Waals surface area contributed by atoms with Gasteiger partial charge < -0.3 is 20.4 Å². The van der Waals surface area contributed by atoms with Gasteiger partial charge in [0.25, 0.3) is 5.91 Å². The maximum Gasteiger partial charge on any atom is 0.261 e. The Morgan fingerprint density at radius 1 is 1.22 bits per heavy atom. The Kier molecular flexibility index (Phi) is 3.75. The topological polar surface area (TPSA) is 91.2 Å². The average molecular weight is 312 g/mol. The zero-order valence-corrected chi connectivity index (χ0v) is 12.5. The number of rotatable bonds is 4. The molecule has 0 fully saturated rings. The molecule has 0 aromatic heterocycles. The van der Waals surface area contributed by atoms with Crippen molar-refractivity contribution in [2.75, 3.05) is 12.4 Å². The molecule has 0 saturated heterocycles. The Balaban J connectivity index is 1.94. The summed E-state index contributed by atoms with van der Waals surface area (Å²) >= 11 is 0. The molecule has 6 nitrogen and oxygen atoms in total. The number of anilines is 1. The van der Waals surface area contributed by atoms with E-state index in [1.165, 1.54) is 0 Å². The lowest BCUT2D eigenvalue weighted by atomic mass is 9.88. The number of benzene rings is 2. The van der Waals surface area contributed by atoms with Crippen LogP contribution in [0.4, 0.5) is 5.69 Å². The number of hydrogen-bond acceptors (Lipinski definition) is 5. The molecule has 3 N–H and O–H groups in total. The van der Waals surface area contributed by atoms with Crippen molar-refractivity contribution in [3.05, 3.63) is 59.7 Å². The molecule has 1 heterocycles. The van der Waals surface area contributed by atoms with Gasteiger partial charge in [0.1, 0.15) is 5.75 Å². The number of para-hydroxylation sites is 1. The second kappa shape index (κ2) is 5.73. The lowest BCUT2D eigenvalue weighted by Crippen LogP contribution is -2.36. The predicted molar refractivity (Wildman–Crippen MR) is 84.9 cm³/mol. The minimum Gasteiger partial charge on any atom is -0.497 e. The minimum atomic E-state index is -1.77. The van der Waals surface area contributed by atoms with Crippen molar-refractivity contribution in [3.8, 4) is 5.75 Å². The average Bonchev–Trinajstić information content (AvgIpc) is 2.84. The monoisotopic (exact) mass is 312 g/mol. The standard InChI is InChI=1S/C17H16N2O4/c1-23-12-8-6-11(7-9-12)15(19-22)10-17(21)13-4-2-3-5-14(13)18-16(17)20/h2-9,21-22H,10H2,1H3,(H,18,20)/b19-15+/t17-/m1/s1. The fourth-order valence-electron chi connectivity index (χ4n) is 2.70. The van der Waals surface area contributed by atoms with E-state index in [2.05, 4.69) is 10.5 Å². The number of oxime groups is 1. The summed E-state index contributed by atoms with van der Waals surface area (Å²) in [5.41, 5.74) is 0.0746. The Labute approximate surface area is 133 Å². The first kappa shape index (κ1) is 15.1. The third-order valence-corrected chi connectivity index (χ3v) is 3.96. The van der Waals surface area contributed by atoms with Crippen molar-refractivity contribution in [2.24, 2.45) is 5.16 Å². The van der Waals surface area contributed by atoms with Gasteiger partial charge in [-0.25, -0.2) is 0 Å². The molecule has 2 aromatic carbocycles. The minimum absolute atomic E-state index is 0.140. The van der Waals surface area contributed by atoms with Crippen LogP contribution < -0.4 is 10.1 Å². The molecule has 118 valence electrons. The van der Waals surface area contributed by atoms with Crippen molar-refractivity contribution in [2.45, 2.75) is 12.0 Å². The van der Waals surface area contributed by atoms with E-state index < -0.39 is 11.5 Å². The van der Waals surface area contributed by atoms with E-state index in [0.717, 1.165) is 0 Å². The van der Waals surface area contributed by atoms with Gasteiger partial charge in [-0.3, -0.25) is 4.79 Å². The molecule has 0 bridgehead atoms. The molecule has 0 radical (unpaired) electrons. The van der Waals surface area contributed by atoms with Gasteiger partial charge in [0.2, 0.25) is 0 Å². The number of fused-ring (bicyclic) bond motifs is 1. The number of nitrogens with one attached hydrogen (secondary N) is 1. The number of nitrogens with zero attached hydrogens (tertiary/aromatic N) is 1. The fourth-order valence-corrected chi connectivity index (χ4v) is 2.70. The summed E-state index contributed by atoms with van der Waals surface area (Å²) in [6.07, 6.45) is -0.140. The molecule has 0 saturated carbocycles. The maximum absolute atomic E-state index is 12.2. The van der Waals surface area contributed by atoms with E-state index in [-0.39, 0.29) is 12.1 Å². The quantitative estimate of drug-likeness (QED) is 0.458. The summed E-state index contributed by atoms with van der Waals surface area (Å²) < 4.78 is 5.08. The van der Waals surface area contributed by atoms with Gasteiger partial charge in [-0.1, -0.05) is 23.4 Å². The first-order valence-electron chi connectivity index (χ1n) is 7.07. The van der Waals surface area contributed by atoms with Crippen LogP contribution in [0, 0.1) is 0 Å². The highest BCUT2D eigenvalue weighted by atomic mass is 16.5. The molecule has 6 heteroatoms. The van der Waals surface area contributed by atoms with E-state index in [1.54, 1.807) is 55.6 Å². The zero-order chi connectivity index (χ0) is 16.4. The second-order valence-electron chi connectivity index (χ2n) is 5.31. The molecule has 1 aliphatic rings. The van der Waals surface area contributed by atoms with Gasteiger partial charge in [0.05, 0.1) is 12.8 Å². The summed E-state index contributed by atoms with van der Waals surface area (Å²) in [6.45, 7) is 0. The third-order valence-electron chi connectivity index (χ3n) is 3.96. The second-order valence-corrected chi connectivity index (χ2v) is 5.31. The molecule has 1 aliphatic heterocycles. The molecule has 1 amide bonds. The largest absolute Gasteiger partial charge is 0.497 e. The van der Waals surface area contributed by atoms with Crippen LogP contribution in [0.5, 0.6) is 5.75 Å². The molecular formula is C17H16N2O4. The normalized spacial score (nSPS) is 20.1. The highest BCUT2D eigenvalue weighted by Gasteiger charge is 2.46. The van der Waals surface area contributed by atoms with Crippen LogP contribution in [-0.4, -0.2) is 29.0 Å². The fraction of sp³-hybridized carbons (Fsp3) is 0.176. The van der Waals surface area contributed by atoms with Crippen molar-refractivity contribution >= 4 is 17.3 Å². The number of methoxy groups -OCH3 is 1. The SMILES string of the molecule is COc1ccc(/C(C[C@]2(O)C(=O)Nc3ccccc32)=N/O)cc1. The lowest BCUT2D eigenvalue weighted by Gasteiger charge is -2.21. The molecule has 0 spiro atoms. The molecule has 1 atom stereocenters. The van der Waals surface area contributed by atoms with E-state index in [9.17, 15) is 15.1 Å². The van der Waals surface area contributed by atoms with Crippen molar-refractivity contribution in [3.63, 3.8) is 0 Å². The number of carbonyl (C=O) groups is 1. The smallest absolute Gasteiger partial charge is 0.261 e. The van der Waals surface area contributed by atoms with E-state index >= 15 is 0 Å². The van der Waals surface area contributed by atoms with Crippen LogP contribution in [0.2, 0.25) is 0 Å². The van der Waals surface area contributed by atoms with E-state index in [1.807, 2.05) is 0 Å². The number of amides is 1. The lowest BCUT2D eigenvalue weighted by molar-refractivity contribution is -0.132. The third kappa shape index (κ3) is 2.53.